The molecule has 2 aromatic heterocycles. The number of aliphatic hydroxyl groups excluding tert-OH is 1. The summed E-state index contributed by atoms with van der Waals surface area (Å²) in [5.74, 6) is -2.83. The summed E-state index contributed by atoms with van der Waals surface area (Å²) in [6.07, 6.45) is 4.47. The quantitative estimate of drug-likeness (QED) is 0.406. The van der Waals surface area contributed by atoms with E-state index in [0.29, 0.717) is 17.8 Å². The predicted molar refractivity (Wildman–Crippen MR) is 106 cm³/mol. The van der Waals surface area contributed by atoms with E-state index >= 15 is 0 Å². The van der Waals surface area contributed by atoms with E-state index in [1.54, 1.807) is 13.1 Å². The SMILES string of the molecule is C[C@@H](CO)NC(=O)Cn1cc(Nc2nccc(NCc3c(F)cc(F)cc3F)n2)cn1. The molecule has 12 heteroatoms. The highest BCUT2D eigenvalue weighted by molar-refractivity contribution is 5.76. The molecule has 0 aliphatic carbocycles. The second-order valence-electron chi connectivity index (χ2n) is 6.67. The first-order chi connectivity index (χ1) is 14.8. The third-order valence-corrected chi connectivity index (χ3v) is 4.08. The van der Waals surface area contributed by atoms with Gasteiger partial charge in [-0.3, -0.25) is 9.48 Å². The van der Waals surface area contributed by atoms with E-state index in [9.17, 15) is 18.0 Å². The minimum atomic E-state index is -0.998. The van der Waals surface area contributed by atoms with Crippen molar-refractivity contribution in [3.63, 3.8) is 0 Å². The lowest BCUT2D eigenvalue weighted by Gasteiger charge is -2.10. The lowest BCUT2D eigenvalue weighted by atomic mass is 10.2. The number of anilines is 3. The fraction of sp³-hybridized carbons (Fsp3) is 0.263. The van der Waals surface area contributed by atoms with Crippen LogP contribution in [0.5, 0.6) is 0 Å². The number of aliphatic hydroxyl groups is 1. The van der Waals surface area contributed by atoms with Gasteiger partial charge in [0, 0.05) is 42.7 Å². The molecule has 0 aliphatic rings. The summed E-state index contributed by atoms with van der Waals surface area (Å²) in [5.41, 5.74) is 0.195. The molecule has 0 unspecified atom stereocenters. The number of aromatic nitrogens is 4. The number of nitrogens with zero attached hydrogens (tertiary/aromatic N) is 4. The Morgan fingerprint density at radius 2 is 2.00 bits per heavy atom. The van der Waals surface area contributed by atoms with E-state index in [4.69, 9.17) is 5.11 Å². The van der Waals surface area contributed by atoms with Gasteiger partial charge < -0.3 is 21.1 Å². The number of halogens is 3. The first-order valence-electron chi connectivity index (χ1n) is 9.24. The highest BCUT2D eigenvalue weighted by atomic mass is 19.1. The first-order valence-corrected chi connectivity index (χ1v) is 9.24. The van der Waals surface area contributed by atoms with E-state index in [2.05, 4.69) is 31.0 Å². The van der Waals surface area contributed by atoms with Crippen LogP contribution in [0.25, 0.3) is 0 Å². The Morgan fingerprint density at radius 3 is 2.71 bits per heavy atom. The van der Waals surface area contributed by atoms with Crippen LogP contribution in [0.4, 0.5) is 30.6 Å². The van der Waals surface area contributed by atoms with Gasteiger partial charge >= 0.3 is 0 Å². The van der Waals surface area contributed by atoms with Gasteiger partial charge in [-0.15, -0.1) is 0 Å². The summed E-state index contributed by atoms with van der Waals surface area (Å²) in [4.78, 5) is 20.1. The largest absolute Gasteiger partial charge is 0.394 e. The smallest absolute Gasteiger partial charge is 0.242 e. The predicted octanol–water partition coefficient (Wildman–Crippen LogP) is 1.94. The minimum absolute atomic E-state index is 0.0384. The Hall–Kier alpha value is -3.67. The molecule has 164 valence electrons. The topological polar surface area (TPSA) is 117 Å². The van der Waals surface area contributed by atoms with E-state index < -0.39 is 17.5 Å². The van der Waals surface area contributed by atoms with Crippen molar-refractivity contribution in [2.45, 2.75) is 26.1 Å². The maximum Gasteiger partial charge on any atom is 0.242 e. The number of hydrogen-bond donors (Lipinski definition) is 4. The Morgan fingerprint density at radius 1 is 1.26 bits per heavy atom. The summed E-state index contributed by atoms with van der Waals surface area (Å²) in [5, 5.41) is 21.3. The Labute approximate surface area is 175 Å². The molecule has 0 fully saturated rings. The average Bonchev–Trinajstić information content (AvgIpc) is 3.13. The zero-order valence-electron chi connectivity index (χ0n) is 16.4. The van der Waals surface area contributed by atoms with Crippen molar-refractivity contribution in [2.24, 2.45) is 0 Å². The van der Waals surface area contributed by atoms with E-state index in [1.165, 1.54) is 23.1 Å². The molecule has 0 saturated heterocycles. The van der Waals surface area contributed by atoms with Gasteiger partial charge in [-0.05, 0) is 13.0 Å². The first kappa shape index (κ1) is 22.0. The fourth-order valence-corrected chi connectivity index (χ4v) is 2.59. The van der Waals surface area contributed by atoms with Gasteiger partial charge in [0.15, 0.2) is 0 Å². The molecular formula is C19H20F3N7O2. The number of rotatable bonds is 9. The molecule has 1 atom stereocenters. The summed E-state index contributed by atoms with van der Waals surface area (Å²) in [6, 6.07) is 2.35. The number of benzene rings is 1. The van der Waals surface area contributed by atoms with Crippen LogP contribution in [0.1, 0.15) is 12.5 Å². The molecule has 31 heavy (non-hydrogen) atoms. The standard InChI is InChI=1S/C19H20F3N7O2/c1-11(10-30)26-18(31)9-29-8-13(6-25-29)27-19-23-3-2-17(28-19)24-7-14-15(21)4-12(20)5-16(14)22/h2-6,8,11,30H,7,9-10H2,1H3,(H,26,31)(H2,23,24,27,28)/t11-/m0/s1. The van der Waals surface area contributed by atoms with E-state index in [-0.39, 0.29) is 49.0 Å². The van der Waals surface area contributed by atoms with E-state index in [0.717, 1.165) is 0 Å². The molecule has 2 heterocycles. The second-order valence-corrected chi connectivity index (χ2v) is 6.67. The number of hydrogen-bond acceptors (Lipinski definition) is 7. The number of carbonyl (C=O) groups is 1. The van der Waals surface area contributed by atoms with Gasteiger partial charge in [0.25, 0.3) is 0 Å². The number of amides is 1. The normalized spacial score (nSPS) is 11.8. The summed E-state index contributed by atoms with van der Waals surface area (Å²) < 4.78 is 41.9. The molecule has 0 saturated carbocycles. The second kappa shape index (κ2) is 9.89. The number of carbonyl (C=O) groups excluding carboxylic acids is 1. The van der Waals surface area contributed by atoms with Crippen LogP contribution < -0.4 is 16.0 Å². The van der Waals surface area contributed by atoms with Crippen LogP contribution in [0.15, 0.2) is 36.8 Å². The van der Waals surface area contributed by atoms with Crippen molar-refractivity contribution in [3.8, 4) is 0 Å². The van der Waals surface area contributed by atoms with Crippen LogP contribution in [-0.2, 0) is 17.9 Å². The Bertz CT molecular complexity index is 1040. The molecule has 4 N–H and O–H groups in total. The maximum atomic E-state index is 13.7. The van der Waals surface area contributed by atoms with Crippen LogP contribution in [0, 0.1) is 17.5 Å². The van der Waals surface area contributed by atoms with Crippen molar-refractivity contribution in [2.75, 3.05) is 17.2 Å². The fourth-order valence-electron chi connectivity index (χ4n) is 2.59. The van der Waals surface area contributed by atoms with Crippen molar-refractivity contribution in [1.29, 1.82) is 0 Å². The van der Waals surface area contributed by atoms with Crippen molar-refractivity contribution >= 4 is 23.4 Å². The van der Waals surface area contributed by atoms with Gasteiger partial charge in [-0.25, -0.2) is 18.2 Å². The monoisotopic (exact) mass is 435 g/mol. The van der Waals surface area contributed by atoms with Gasteiger partial charge in [0.05, 0.1) is 18.5 Å². The summed E-state index contributed by atoms with van der Waals surface area (Å²) in [7, 11) is 0. The van der Waals surface area contributed by atoms with Gasteiger partial charge in [-0.2, -0.15) is 10.1 Å². The zero-order valence-corrected chi connectivity index (χ0v) is 16.4. The van der Waals surface area contributed by atoms with Gasteiger partial charge in [0.1, 0.15) is 29.8 Å². The minimum Gasteiger partial charge on any atom is -0.394 e. The molecular weight excluding hydrogens is 415 g/mol. The lowest BCUT2D eigenvalue weighted by Crippen LogP contribution is -2.37. The van der Waals surface area contributed by atoms with Crippen LogP contribution in [0.2, 0.25) is 0 Å². The molecule has 0 radical (unpaired) electrons. The van der Waals surface area contributed by atoms with Crippen molar-refractivity contribution in [1.82, 2.24) is 25.1 Å². The van der Waals surface area contributed by atoms with Crippen LogP contribution in [0.3, 0.4) is 0 Å². The highest BCUT2D eigenvalue weighted by Crippen LogP contribution is 2.17. The highest BCUT2D eigenvalue weighted by Gasteiger charge is 2.12. The summed E-state index contributed by atoms with van der Waals surface area (Å²) in [6.45, 7) is 1.22. The molecule has 9 nitrogen and oxygen atoms in total. The molecule has 0 aliphatic heterocycles. The van der Waals surface area contributed by atoms with Crippen molar-refractivity contribution < 1.29 is 23.1 Å². The molecule has 0 bridgehead atoms. The summed E-state index contributed by atoms with van der Waals surface area (Å²) >= 11 is 0. The van der Waals surface area contributed by atoms with Gasteiger partial charge in [-0.1, -0.05) is 0 Å². The lowest BCUT2D eigenvalue weighted by molar-refractivity contribution is -0.122. The number of nitrogens with one attached hydrogen (secondary N) is 3. The van der Waals surface area contributed by atoms with Gasteiger partial charge in [0.2, 0.25) is 11.9 Å². The maximum absolute atomic E-state index is 13.7. The molecule has 1 aromatic carbocycles. The van der Waals surface area contributed by atoms with Crippen LogP contribution >= 0.6 is 0 Å². The van der Waals surface area contributed by atoms with Crippen LogP contribution in [-0.4, -0.2) is 43.4 Å². The third kappa shape index (κ3) is 6.15. The van der Waals surface area contributed by atoms with Crippen molar-refractivity contribution in [3.05, 3.63) is 59.8 Å². The molecule has 3 aromatic rings. The Balaban J connectivity index is 1.60. The molecule has 0 spiro atoms. The zero-order chi connectivity index (χ0) is 22.4. The average molecular weight is 435 g/mol. The Kier molecular flexibility index (Phi) is 7.03. The third-order valence-electron chi connectivity index (χ3n) is 4.08. The van der Waals surface area contributed by atoms with E-state index in [1.807, 2.05) is 0 Å². The molecule has 1 amide bonds. The molecule has 3 rings (SSSR count).